The molecule has 0 fully saturated rings. The monoisotopic (exact) mass is 503 g/mol. The third-order valence-corrected chi connectivity index (χ3v) is 6.62. The van der Waals surface area contributed by atoms with Crippen molar-refractivity contribution in [3.8, 4) is 0 Å². The Balaban J connectivity index is 4.40. The molecule has 35 heavy (non-hydrogen) atoms. The van der Waals surface area contributed by atoms with Gasteiger partial charge in [-0.25, -0.2) is 0 Å². The van der Waals surface area contributed by atoms with Crippen LogP contribution in [0.2, 0.25) is 0 Å². The summed E-state index contributed by atoms with van der Waals surface area (Å²) in [4.78, 5) is 26.1. The third-order valence-electron chi connectivity index (χ3n) is 6.62. The van der Waals surface area contributed by atoms with Gasteiger partial charge in [-0.1, -0.05) is 76.3 Å². The van der Waals surface area contributed by atoms with Crippen molar-refractivity contribution < 1.29 is 25.2 Å². The fourth-order valence-electron chi connectivity index (χ4n) is 4.61. The molecule has 2 unspecified atom stereocenters. The minimum Gasteiger partial charge on any atom is -0.395 e. The van der Waals surface area contributed by atoms with Crippen molar-refractivity contribution in [2.45, 2.75) is 109 Å². The zero-order chi connectivity index (χ0) is 26.2. The van der Waals surface area contributed by atoms with Gasteiger partial charge in [-0.15, -0.1) is 0 Å². The van der Waals surface area contributed by atoms with Crippen LogP contribution in [-0.2, 0) is 4.79 Å². The average molecular weight is 504 g/mol. The van der Waals surface area contributed by atoms with Gasteiger partial charge in [0.2, 0.25) is 5.91 Å². The lowest BCUT2D eigenvalue weighted by molar-refractivity contribution is -0.131. The lowest BCUT2D eigenvalue weighted by Crippen LogP contribution is -2.46. The number of hydrogen-bond donors (Lipinski definition) is 4. The average Bonchev–Trinajstić information content (AvgIpc) is 2.85. The Morgan fingerprint density at radius 2 is 1.29 bits per heavy atom. The molecule has 0 bridgehead atoms. The number of aliphatic hydroxyl groups is 4. The van der Waals surface area contributed by atoms with Crippen LogP contribution in [0.25, 0.3) is 0 Å². The second kappa shape index (κ2) is 24.6. The number of carbonyl (C=O) groups is 1. The van der Waals surface area contributed by atoms with E-state index in [1.165, 1.54) is 30.6 Å². The standard InChI is InChI=1S/C26H53N3O6/c1-2-3-4-5-8-11-14-25(33)24(28(18-21-30)19-22-31)13-10-7-6-9-12-15-26(34)29(20-23-32)17-16-27-35/h24-25,30-33H,2-23H2,1H3. The lowest BCUT2D eigenvalue weighted by Gasteiger charge is -2.34. The number of amides is 1. The van der Waals surface area contributed by atoms with E-state index >= 15 is 0 Å². The van der Waals surface area contributed by atoms with Gasteiger partial charge in [-0.2, -0.15) is 4.91 Å². The maximum Gasteiger partial charge on any atom is 0.222 e. The summed E-state index contributed by atoms with van der Waals surface area (Å²) in [5.41, 5.74) is 0. The Bertz CT molecular complexity index is 492. The normalized spacial score (nSPS) is 13.2. The number of rotatable bonds is 26. The summed E-state index contributed by atoms with van der Waals surface area (Å²) >= 11 is 0. The van der Waals surface area contributed by atoms with Gasteiger partial charge in [0.25, 0.3) is 0 Å². The van der Waals surface area contributed by atoms with Crippen molar-refractivity contribution in [2.24, 2.45) is 5.18 Å². The summed E-state index contributed by atoms with van der Waals surface area (Å²) in [5, 5.41) is 41.7. The molecule has 0 radical (unpaired) electrons. The van der Waals surface area contributed by atoms with Crippen molar-refractivity contribution in [1.29, 1.82) is 0 Å². The highest BCUT2D eigenvalue weighted by atomic mass is 16.3. The largest absolute Gasteiger partial charge is 0.395 e. The van der Waals surface area contributed by atoms with Crippen LogP contribution in [0.4, 0.5) is 0 Å². The summed E-state index contributed by atoms with van der Waals surface area (Å²) < 4.78 is 0. The maximum absolute atomic E-state index is 12.2. The Kier molecular flexibility index (Phi) is 23.8. The summed E-state index contributed by atoms with van der Waals surface area (Å²) in [5.74, 6) is -0.0516. The van der Waals surface area contributed by atoms with Crippen molar-refractivity contribution in [3.05, 3.63) is 4.91 Å². The van der Waals surface area contributed by atoms with Crippen LogP contribution in [0.3, 0.4) is 0 Å². The zero-order valence-electron chi connectivity index (χ0n) is 22.2. The fourth-order valence-corrected chi connectivity index (χ4v) is 4.61. The molecule has 9 nitrogen and oxygen atoms in total. The third kappa shape index (κ3) is 17.9. The SMILES string of the molecule is CCCCCCCCC(O)C(CCCCCCCC(=O)N(CCO)CCN=O)N(CCO)CCO. The topological polar surface area (TPSA) is 134 Å². The fraction of sp³-hybridized carbons (Fsp3) is 0.962. The van der Waals surface area contributed by atoms with Gasteiger partial charge in [-0.3, -0.25) is 9.69 Å². The van der Waals surface area contributed by atoms with Gasteiger partial charge in [0, 0.05) is 38.6 Å². The van der Waals surface area contributed by atoms with E-state index in [1.807, 2.05) is 4.90 Å². The van der Waals surface area contributed by atoms with Crippen molar-refractivity contribution in [1.82, 2.24) is 9.80 Å². The molecule has 0 aromatic carbocycles. The molecule has 0 rings (SSSR count). The molecule has 0 aliphatic rings. The molecule has 0 aromatic rings. The molecule has 9 heteroatoms. The zero-order valence-corrected chi connectivity index (χ0v) is 22.2. The number of aliphatic hydroxyl groups excluding tert-OH is 4. The number of nitroso groups, excluding NO2 is 1. The summed E-state index contributed by atoms with van der Waals surface area (Å²) in [6, 6.07) is -0.0648. The van der Waals surface area contributed by atoms with E-state index in [0.29, 0.717) is 19.5 Å². The predicted octanol–water partition coefficient (Wildman–Crippen LogP) is 3.07. The molecule has 0 spiro atoms. The highest BCUT2D eigenvalue weighted by molar-refractivity contribution is 5.76. The lowest BCUT2D eigenvalue weighted by atomic mass is 9.96. The maximum atomic E-state index is 12.2. The van der Waals surface area contributed by atoms with Crippen LogP contribution in [0, 0.1) is 4.91 Å². The molecule has 0 aliphatic carbocycles. The van der Waals surface area contributed by atoms with Crippen LogP contribution >= 0.6 is 0 Å². The van der Waals surface area contributed by atoms with Gasteiger partial charge in [0.1, 0.15) is 0 Å². The molecular weight excluding hydrogens is 450 g/mol. The summed E-state index contributed by atoms with van der Waals surface area (Å²) in [7, 11) is 0. The van der Waals surface area contributed by atoms with E-state index in [2.05, 4.69) is 12.1 Å². The molecular formula is C26H53N3O6. The molecule has 2 atom stereocenters. The second-order valence-corrected chi connectivity index (χ2v) is 9.44. The van der Waals surface area contributed by atoms with Crippen molar-refractivity contribution in [3.63, 3.8) is 0 Å². The molecule has 0 heterocycles. The van der Waals surface area contributed by atoms with E-state index < -0.39 is 6.10 Å². The van der Waals surface area contributed by atoms with E-state index in [0.717, 1.165) is 57.8 Å². The first-order valence-electron chi connectivity index (χ1n) is 13.9. The predicted molar refractivity (Wildman–Crippen MR) is 140 cm³/mol. The Hall–Kier alpha value is -1.13. The highest BCUT2D eigenvalue weighted by Crippen LogP contribution is 2.20. The number of hydrogen-bond acceptors (Lipinski definition) is 8. The molecule has 0 saturated heterocycles. The Labute approximate surface area is 212 Å². The molecule has 1 amide bonds. The second-order valence-electron chi connectivity index (χ2n) is 9.44. The molecule has 4 N–H and O–H groups in total. The summed E-state index contributed by atoms with van der Waals surface area (Å²) in [6.07, 6.45) is 13.2. The van der Waals surface area contributed by atoms with Crippen LogP contribution < -0.4 is 0 Å². The van der Waals surface area contributed by atoms with Gasteiger partial charge in [-0.05, 0) is 19.3 Å². The number of carbonyl (C=O) groups excluding carboxylic acids is 1. The van der Waals surface area contributed by atoms with Crippen LogP contribution in [0.1, 0.15) is 96.8 Å². The van der Waals surface area contributed by atoms with Crippen LogP contribution in [-0.4, -0.2) is 101 Å². The minimum absolute atomic E-state index is 0.00444. The Morgan fingerprint density at radius 3 is 1.86 bits per heavy atom. The van der Waals surface area contributed by atoms with Crippen molar-refractivity contribution in [2.75, 3.05) is 52.5 Å². The van der Waals surface area contributed by atoms with Gasteiger partial charge < -0.3 is 25.3 Å². The Morgan fingerprint density at radius 1 is 0.743 bits per heavy atom. The molecule has 208 valence electrons. The van der Waals surface area contributed by atoms with Gasteiger partial charge in [0.15, 0.2) is 0 Å². The van der Waals surface area contributed by atoms with E-state index in [1.54, 1.807) is 0 Å². The van der Waals surface area contributed by atoms with E-state index in [4.69, 9.17) is 5.11 Å². The van der Waals surface area contributed by atoms with Gasteiger partial charge in [0.05, 0.1) is 32.5 Å². The summed E-state index contributed by atoms with van der Waals surface area (Å²) in [6.45, 7) is 3.51. The van der Waals surface area contributed by atoms with Crippen molar-refractivity contribution >= 4 is 5.91 Å². The molecule has 0 saturated carbocycles. The molecule has 0 aromatic heterocycles. The highest BCUT2D eigenvalue weighted by Gasteiger charge is 2.25. The van der Waals surface area contributed by atoms with Crippen LogP contribution in [0.15, 0.2) is 5.18 Å². The first-order valence-corrected chi connectivity index (χ1v) is 13.9. The van der Waals surface area contributed by atoms with Gasteiger partial charge >= 0.3 is 0 Å². The molecule has 0 aliphatic heterocycles. The quantitative estimate of drug-likeness (QED) is 0.105. The first-order chi connectivity index (χ1) is 17.0. The number of nitrogens with zero attached hydrogens (tertiary/aromatic N) is 3. The first kappa shape index (κ1) is 33.9. The van der Waals surface area contributed by atoms with E-state index in [-0.39, 0.29) is 51.4 Å². The minimum atomic E-state index is -0.463. The van der Waals surface area contributed by atoms with E-state index in [9.17, 15) is 25.0 Å². The smallest absolute Gasteiger partial charge is 0.222 e. The van der Waals surface area contributed by atoms with Crippen LogP contribution in [0.5, 0.6) is 0 Å². The number of unbranched alkanes of at least 4 members (excludes halogenated alkanes) is 9.